The van der Waals surface area contributed by atoms with Gasteiger partial charge in [-0.1, -0.05) is 13.3 Å². The molecule has 3 atom stereocenters. The molecule has 2 rings (SSSR count). The summed E-state index contributed by atoms with van der Waals surface area (Å²) in [5, 5.41) is 0. The lowest BCUT2D eigenvalue weighted by Gasteiger charge is -2.12. The molecule has 0 aromatic rings. The summed E-state index contributed by atoms with van der Waals surface area (Å²) >= 11 is 0. The van der Waals surface area contributed by atoms with E-state index in [4.69, 9.17) is 0 Å². The van der Waals surface area contributed by atoms with E-state index >= 15 is 0 Å². The van der Waals surface area contributed by atoms with E-state index in [2.05, 4.69) is 6.92 Å². The van der Waals surface area contributed by atoms with E-state index < -0.39 is 0 Å². The van der Waals surface area contributed by atoms with Gasteiger partial charge in [-0.2, -0.15) is 0 Å². The molecule has 62 valence electrons. The number of carbonyl (C=O) groups excluding carboxylic acids is 1. The third-order valence-electron chi connectivity index (χ3n) is 3.10. The van der Waals surface area contributed by atoms with Crippen LogP contribution in [0.2, 0.25) is 0 Å². The van der Waals surface area contributed by atoms with Crippen molar-refractivity contribution in [1.29, 1.82) is 0 Å². The van der Waals surface area contributed by atoms with Gasteiger partial charge in [-0.15, -0.1) is 0 Å². The minimum absolute atomic E-state index is 0.397. The Labute approximate surface area is 67.6 Å². The Morgan fingerprint density at radius 3 is 2.82 bits per heavy atom. The predicted molar refractivity (Wildman–Crippen MR) is 43.0 cm³/mol. The number of rotatable bonds is 2. The number of likely N-dealkylation sites (tertiary alicyclic amines) is 1. The molecule has 0 aromatic carbocycles. The first-order valence-corrected chi connectivity index (χ1v) is 4.50. The van der Waals surface area contributed by atoms with Crippen LogP contribution in [0.15, 0.2) is 0 Å². The minimum atomic E-state index is 0.397. The van der Waals surface area contributed by atoms with Gasteiger partial charge in [0.25, 0.3) is 0 Å². The van der Waals surface area contributed by atoms with Crippen molar-refractivity contribution in [2.75, 3.05) is 13.6 Å². The number of piperidine rings is 1. The maximum Gasteiger partial charge on any atom is 0.226 e. The number of nitrogens with zero attached hydrogens (tertiary/aromatic N) is 1. The van der Waals surface area contributed by atoms with Crippen molar-refractivity contribution >= 4 is 5.91 Å². The highest BCUT2D eigenvalue weighted by atomic mass is 16.2. The average Bonchev–Trinajstić information content (AvgIpc) is 2.53. The molecule has 0 aromatic heterocycles. The zero-order chi connectivity index (χ0) is 8.01. The summed E-state index contributed by atoms with van der Waals surface area (Å²) in [5.74, 6) is 2.31. The number of hydrogen-bond donors (Lipinski definition) is 0. The van der Waals surface area contributed by atoms with Crippen molar-refractivity contribution in [2.24, 2.45) is 17.8 Å². The average molecular weight is 153 g/mol. The molecule has 2 fully saturated rings. The van der Waals surface area contributed by atoms with E-state index in [-0.39, 0.29) is 0 Å². The van der Waals surface area contributed by atoms with Crippen molar-refractivity contribution in [3.05, 3.63) is 0 Å². The molecule has 2 heteroatoms. The highest BCUT2D eigenvalue weighted by molar-refractivity contribution is 5.85. The summed E-state index contributed by atoms with van der Waals surface area (Å²) in [6.45, 7) is 3.22. The fourth-order valence-corrected chi connectivity index (χ4v) is 2.45. The van der Waals surface area contributed by atoms with Gasteiger partial charge in [0.05, 0.1) is 0 Å². The summed E-state index contributed by atoms with van der Waals surface area (Å²) in [7, 11) is 1.91. The molecule has 1 aliphatic heterocycles. The van der Waals surface area contributed by atoms with Gasteiger partial charge in [-0.25, -0.2) is 0 Å². The predicted octanol–water partition coefficient (Wildman–Crippen LogP) is 1.12. The molecule has 0 unspecified atom stereocenters. The first-order chi connectivity index (χ1) is 5.25. The topological polar surface area (TPSA) is 20.3 Å². The highest BCUT2D eigenvalue weighted by Crippen LogP contribution is 2.54. The summed E-state index contributed by atoms with van der Waals surface area (Å²) < 4.78 is 0. The van der Waals surface area contributed by atoms with E-state index in [1.54, 1.807) is 0 Å². The summed E-state index contributed by atoms with van der Waals surface area (Å²) in [5.41, 5.74) is 0. The van der Waals surface area contributed by atoms with Crippen molar-refractivity contribution in [3.63, 3.8) is 0 Å². The maximum absolute atomic E-state index is 11.4. The van der Waals surface area contributed by atoms with Crippen LogP contribution in [0.5, 0.6) is 0 Å². The molecule has 1 amide bonds. The third kappa shape index (κ3) is 0.883. The summed E-state index contributed by atoms with van der Waals surface area (Å²) in [4.78, 5) is 13.2. The fourth-order valence-electron chi connectivity index (χ4n) is 2.45. The molecule has 1 heterocycles. The molecule has 0 bridgehead atoms. The maximum atomic E-state index is 11.4. The van der Waals surface area contributed by atoms with Crippen LogP contribution in [0.25, 0.3) is 0 Å². The van der Waals surface area contributed by atoms with Crippen molar-refractivity contribution < 1.29 is 4.79 Å². The normalized spacial score (nSPS) is 41.1. The van der Waals surface area contributed by atoms with E-state index in [0.717, 1.165) is 18.4 Å². The van der Waals surface area contributed by atoms with E-state index in [1.807, 2.05) is 11.9 Å². The van der Waals surface area contributed by atoms with Crippen molar-refractivity contribution in [2.45, 2.75) is 19.8 Å². The quantitative estimate of drug-likeness (QED) is 0.582. The molecule has 11 heavy (non-hydrogen) atoms. The Morgan fingerprint density at radius 2 is 2.36 bits per heavy atom. The summed E-state index contributed by atoms with van der Waals surface area (Å²) in [6.07, 6.45) is 2.49. The van der Waals surface area contributed by atoms with E-state index in [0.29, 0.717) is 11.8 Å². The number of hydrogen-bond acceptors (Lipinski definition) is 1. The Bertz CT molecular complexity index is 186. The fraction of sp³-hybridized carbons (Fsp3) is 0.889. The van der Waals surface area contributed by atoms with Crippen LogP contribution < -0.4 is 0 Å². The van der Waals surface area contributed by atoms with Crippen LogP contribution in [0.1, 0.15) is 19.8 Å². The van der Waals surface area contributed by atoms with Crippen molar-refractivity contribution in [1.82, 2.24) is 4.90 Å². The minimum Gasteiger partial charge on any atom is -0.345 e. The monoisotopic (exact) mass is 153 g/mol. The van der Waals surface area contributed by atoms with Crippen LogP contribution in [-0.2, 0) is 4.79 Å². The molecule has 0 radical (unpaired) electrons. The molecule has 1 saturated carbocycles. The van der Waals surface area contributed by atoms with Gasteiger partial charge < -0.3 is 4.90 Å². The van der Waals surface area contributed by atoms with Crippen LogP contribution in [0, 0.1) is 17.8 Å². The third-order valence-corrected chi connectivity index (χ3v) is 3.10. The first kappa shape index (κ1) is 7.14. The molecular weight excluding hydrogens is 138 g/mol. The Morgan fingerprint density at radius 1 is 1.64 bits per heavy atom. The standard InChI is InChI=1S/C9H15NO/c1-3-4-6-7-5-10(2)9(11)8(6)7/h6-8H,3-5H2,1-2H3/t6-,7-,8+/m0/s1. The zero-order valence-corrected chi connectivity index (χ0v) is 7.21. The molecule has 1 saturated heterocycles. The van der Waals surface area contributed by atoms with E-state index in [1.165, 1.54) is 12.8 Å². The van der Waals surface area contributed by atoms with Crippen molar-refractivity contribution in [3.8, 4) is 0 Å². The lowest BCUT2D eigenvalue weighted by atomic mass is 10.1. The Kier molecular flexibility index (Phi) is 1.44. The number of carbonyl (C=O) groups is 1. The Balaban J connectivity index is 1.95. The van der Waals surface area contributed by atoms with Gasteiger partial charge in [-0.3, -0.25) is 4.79 Å². The lowest BCUT2D eigenvalue weighted by Crippen LogP contribution is -2.25. The molecule has 2 nitrogen and oxygen atoms in total. The first-order valence-electron chi connectivity index (χ1n) is 4.50. The van der Waals surface area contributed by atoms with Crippen LogP contribution in [-0.4, -0.2) is 24.4 Å². The largest absolute Gasteiger partial charge is 0.345 e. The molecule has 2 aliphatic rings. The molecule has 0 N–H and O–H groups in total. The van der Waals surface area contributed by atoms with E-state index in [9.17, 15) is 4.79 Å². The number of amides is 1. The SMILES string of the molecule is CCC[C@H]1[C@@H]2CN(C)C(=O)[C@H]12. The highest BCUT2D eigenvalue weighted by Gasteiger charge is 2.59. The Hall–Kier alpha value is -0.530. The lowest BCUT2D eigenvalue weighted by molar-refractivity contribution is -0.129. The second-order valence-electron chi connectivity index (χ2n) is 3.86. The summed E-state index contributed by atoms with van der Waals surface area (Å²) in [6, 6.07) is 0. The van der Waals surface area contributed by atoms with Gasteiger partial charge in [-0.05, 0) is 18.3 Å². The van der Waals surface area contributed by atoms with Gasteiger partial charge in [0.1, 0.15) is 0 Å². The molecular formula is C9H15NO. The molecule has 1 aliphatic carbocycles. The van der Waals surface area contributed by atoms with Crippen LogP contribution in [0.4, 0.5) is 0 Å². The van der Waals surface area contributed by atoms with Crippen LogP contribution >= 0.6 is 0 Å². The van der Waals surface area contributed by atoms with Gasteiger partial charge in [0.2, 0.25) is 5.91 Å². The molecule has 0 spiro atoms. The van der Waals surface area contributed by atoms with Gasteiger partial charge in [0.15, 0.2) is 0 Å². The zero-order valence-electron chi connectivity index (χ0n) is 7.21. The number of fused-ring (bicyclic) bond motifs is 1. The second-order valence-corrected chi connectivity index (χ2v) is 3.86. The smallest absolute Gasteiger partial charge is 0.226 e. The van der Waals surface area contributed by atoms with Crippen LogP contribution in [0.3, 0.4) is 0 Å². The van der Waals surface area contributed by atoms with Gasteiger partial charge in [0, 0.05) is 19.5 Å². The second kappa shape index (κ2) is 2.23. The van der Waals surface area contributed by atoms with Gasteiger partial charge >= 0.3 is 0 Å².